The second kappa shape index (κ2) is 2.57. The Balaban J connectivity index is 0. The molecule has 0 amide bonds. The first kappa shape index (κ1) is 11.5. The van der Waals surface area contributed by atoms with E-state index in [1.165, 1.54) is 0 Å². The van der Waals surface area contributed by atoms with Crippen LogP contribution in [-0.4, -0.2) is 26.9 Å². The topological polar surface area (TPSA) is 54.4 Å². The molecule has 0 aliphatic heterocycles. The van der Waals surface area contributed by atoms with Crippen molar-refractivity contribution in [3.8, 4) is 0 Å². The maximum atomic E-state index is 10.7. The van der Waals surface area contributed by atoms with Crippen LogP contribution < -0.4 is 0 Å². The van der Waals surface area contributed by atoms with Gasteiger partial charge in [0.2, 0.25) is 0 Å². The van der Waals surface area contributed by atoms with Crippen LogP contribution in [0.15, 0.2) is 0 Å². The molecule has 0 aromatic heterocycles. The highest BCUT2D eigenvalue weighted by Crippen LogP contribution is 2.20. The third-order valence-corrected chi connectivity index (χ3v) is 0.877. The molecule has 0 aliphatic rings. The lowest BCUT2D eigenvalue weighted by atomic mass is 10.8. The third-order valence-electron chi connectivity index (χ3n) is 0.292. The molecule has 3 nitrogen and oxygen atoms in total. The van der Waals surface area contributed by atoms with E-state index in [0.29, 0.717) is 0 Å². The average molecular weight is 164 g/mol. The summed E-state index contributed by atoms with van der Waals surface area (Å²) in [6, 6.07) is 0. The van der Waals surface area contributed by atoms with Crippen molar-refractivity contribution in [1.82, 2.24) is 0 Å². The summed E-state index contributed by atoms with van der Waals surface area (Å²) in [6.45, 7) is 0. The molecule has 0 aromatic carbocycles. The van der Waals surface area contributed by atoms with Gasteiger partial charge in [-0.15, -0.1) is 0 Å². The summed E-state index contributed by atoms with van der Waals surface area (Å²) in [6.07, 6.45) is 0. The monoisotopic (exact) mass is 164 g/mol. The van der Waals surface area contributed by atoms with E-state index in [2.05, 4.69) is 0 Å². The normalized spacial score (nSPS) is 12.4. The standard InChI is InChI=1S/CHF3O3S.BH3/c2-1(3,4)8(5,6)7;/h(H,5,6,7);1H3. The molecule has 56 valence electrons. The number of halogens is 3. The SMILES string of the molecule is B.O=S(=O)(O)C(F)(F)F. The average Bonchev–Trinajstić information content (AvgIpc) is 1.25. The molecule has 0 bridgehead atoms. The van der Waals surface area contributed by atoms with E-state index >= 15 is 0 Å². The van der Waals surface area contributed by atoms with Gasteiger partial charge < -0.3 is 0 Å². The second-order valence-corrected chi connectivity index (χ2v) is 2.33. The fourth-order valence-electron chi connectivity index (χ4n) is 0. The minimum absolute atomic E-state index is 0. The van der Waals surface area contributed by atoms with Crippen molar-refractivity contribution in [1.29, 1.82) is 0 Å². The minimum Gasteiger partial charge on any atom is -0.279 e. The summed E-state index contributed by atoms with van der Waals surface area (Å²) in [5, 5.41) is 0. The van der Waals surface area contributed by atoms with E-state index in [1.54, 1.807) is 0 Å². The zero-order valence-electron chi connectivity index (χ0n) is 3.31. The molecule has 0 saturated heterocycles. The zero-order chi connectivity index (χ0) is 7.00. The largest absolute Gasteiger partial charge is 0.522 e. The number of hydrogen-bond acceptors (Lipinski definition) is 2. The van der Waals surface area contributed by atoms with Crippen molar-refractivity contribution in [3.63, 3.8) is 0 Å². The van der Waals surface area contributed by atoms with Gasteiger partial charge in [-0.05, 0) is 0 Å². The molecule has 1 N–H and O–H groups in total. The lowest BCUT2D eigenvalue weighted by Gasteiger charge is -1.97. The number of hydrogen-bond donors (Lipinski definition) is 1. The first-order valence-electron chi connectivity index (χ1n) is 1.29. The molecule has 9 heavy (non-hydrogen) atoms. The molecule has 0 heterocycles. The van der Waals surface area contributed by atoms with Crippen LogP contribution in [0.1, 0.15) is 0 Å². The van der Waals surface area contributed by atoms with Gasteiger partial charge in [-0.3, -0.25) is 4.55 Å². The highest BCUT2D eigenvalue weighted by molar-refractivity contribution is 7.86. The van der Waals surface area contributed by atoms with Gasteiger partial charge in [0.15, 0.2) is 0 Å². The summed E-state index contributed by atoms with van der Waals surface area (Å²) in [5.41, 5.74) is -5.53. The first-order valence-corrected chi connectivity index (χ1v) is 2.73. The molecule has 0 rings (SSSR count). The summed E-state index contributed by atoms with van der Waals surface area (Å²) in [4.78, 5) is 0. The van der Waals surface area contributed by atoms with Crippen molar-refractivity contribution in [2.45, 2.75) is 5.51 Å². The Bertz CT molecular complexity index is 168. The molecule has 0 spiro atoms. The molecule has 0 atom stereocenters. The molecule has 0 unspecified atom stereocenters. The highest BCUT2D eigenvalue weighted by atomic mass is 32.2. The second-order valence-electron chi connectivity index (χ2n) is 0.921. The van der Waals surface area contributed by atoms with Crippen molar-refractivity contribution < 1.29 is 26.1 Å². The maximum Gasteiger partial charge on any atom is 0.522 e. The van der Waals surface area contributed by atoms with Crippen molar-refractivity contribution in [2.24, 2.45) is 0 Å². The number of rotatable bonds is 0. The van der Waals surface area contributed by atoms with Crippen LogP contribution >= 0.6 is 0 Å². The zero-order valence-corrected chi connectivity index (χ0v) is 4.12. The van der Waals surface area contributed by atoms with Crippen LogP contribution in [0.25, 0.3) is 0 Å². The Morgan fingerprint density at radius 3 is 1.33 bits per heavy atom. The van der Waals surface area contributed by atoms with E-state index in [4.69, 9.17) is 13.0 Å². The van der Waals surface area contributed by atoms with Gasteiger partial charge in [0.1, 0.15) is 0 Å². The van der Waals surface area contributed by atoms with Gasteiger partial charge in [0, 0.05) is 0 Å². The van der Waals surface area contributed by atoms with Crippen molar-refractivity contribution >= 4 is 18.5 Å². The molecule has 0 fully saturated rings. The Morgan fingerprint density at radius 2 is 1.33 bits per heavy atom. The Labute approximate surface area is 51.2 Å². The summed E-state index contributed by atoms with van der Waals surface area (Å²) in [5.74, 6) is 0. The van der Waals surface area contributed by atoms with Gasteiger partial charge in [0.25, 0.3) is 0 Å². The van der Waals surface area contributed by atoms with E-state index in [9.17, 15) is 13.2 Å². The minimum atomic E-state index is -5.84. The van der Waals surface area contributed by atoms with Crippen LogP contribution in [-0.2, 0) is 10.1 Å². The van der Waals surface area contributed by atoms with Crippen LogP contribution in [0.2, 0.25) is 0 Å². The lowest BCUT2D eigenvalue weighted by molar-refractivity contribution is -0.0510. The third kappa shape index (κ3) is 3.36. The van der Waals surface area contributed by atoms with Gasteiger partial charge in [0.05, 0.1) is 8.41 Å². The van der Waals surface area contributed by atoms with Crippen LogP contribution in [0.4, 0.5) is 13.2 Å². The summed E-state index contributed by atoms with van der Waals surface area (Å²) >= 11 is 0. The number of alkyl halides is 3. The smallest absolute Gasteiger partial charge is 0.279 e. The van der Waals surface area contributed by atoms with Crippen molar-refractivity contribution in [3.05, 3.63) is 0 Å². The summed E-state index contributed by atoms with van der Waals surface area (Å²) in [7, 11) is -5.84. The van der Waals surface area contributed by atoms with Crippen LogP contribution in [0.5, 0.6) is 0 Å². The molecule has 0 radical (unpaired) electrons. The van der Waals surface area contributed by atoms with E-state index in [-0.39, 0.29) is 8.41 Å². The Kier molecular flexibility index (Phi) is 3.29. The highest BCUT2D eigenvalue weighted by Gasteiger charge is 2.44. The molecule has 8 heteroatoms. The van der Waals surface area contributed by atoms with Crippen LogP contribution in [0.3, 0.4) is 0 Å². The predicted octanol–water partition coefficient (Wildman–Crippen LogP) is -0.790. The van der Waals surface area contributed by atoms with Crippen molar-refractivity contribution in [2.75, 3.05) is 0 Å². The first-order chi connectivity index (χ1) is 3.25. The molecular formula is CH4BF3O3S. The van der Waals surface area contributed by atoms with E-state index in [0.717, 1.165) is 0 Å². The summed E-state index contributed by atoms with van der Waals surface area (Å²) < 4.78 is 57.5. The van der Waals surface area contributed by atoms with Gasteiger partial charge >= 0.3 is 15.6 Å². The van der Waals surface area contributed by atoms with E-state index < -0.39 is 15.6 Å². The Hall–Kier alpha value is -0.235. The predicted molar refractivity (Wildman–Crippen MR) is 27.5 cm³/mol. The lowest BCUT2D eigenvalue weighted by Crippen LogP contribution is -2.21. The Morgan fingerprint density at radius 1 is 1.22 bits per heavy atom. The molecular weight excluding hydrogens is 160 g/mol. The molecule has 0 saturated carbocycles. The molecule has 0 aromatic rings. The van der Waals surface area contributed by atoms with Crippen LogP contribution in [0, 0.1) is 0 Å². The fraction of sp³-hybridized carbons (Fsp3) is 1.00. The van der Waals surface area contributed by atoms with Gasteiger partial charge in [-0.25, -0.2) is 0 Å². The quantitative estimate of drug-likeness (QED) is 0.290. The molecule has 0 aliphatic carbocycles. The van der Waals surface area contributed by atoms with Gasteiger partial charge in [-0.2, -0.15) is 21.6 Å². The van der Waals surface area contributed by atoms with E-state index in [1.807, 2.05) is 0 Å². The fourth-order valence-corrected chi connectivity index (χ4v) is 0. The van der Waals surface area contributed by atoms with Gasteiger partial charge in [-0.1, -0.05) is 0 Å². The maximum absolute atomic E-state index is 10.7.